The molecule has 10 nitrogen and oxygen atoms in total. The number of ether oxygens (including phenoxy) is 6. The number of hydrogen-bond donors (Lipinski definition) is 1. The third kappa shape index (κ3) is 8.62. The van der Waals surface area contributed by atoms with Crippen LogP contribution in [0.3, 0.4) is 0 Å². The third-order valence-corrected chi connectivity index (χ3v) is 6.57. The van der Waals surface area contributed by atoms with Crippen LogP contribution in [0.2, 0.25) is 0 Å². The average Bonchev–Trinajstić information content (AvgIpc) is 3.01. The Labute approximate surface area is 244 Å². The van der Waals surface area contributed by atoms with Crippen molar-refractivity contribution in [2.75, 3.05) is 13.7 Å². The van der Waals surface area contributed by atoms with E-state index < -0.39 is 42.6 Å². The number of Topliss-reactive ketones (excluding diaryl/α,β-unsaturated/α-hetero) is 1. The molecule has 1 fully saturated rings. The lowest BCUT2D eigenvalue weighted by atomic mass is 9.98. The van der Waals surface area contributed by atoms with Crippen molar-refractivity contribution < 1.29 is 47.9 Å². The highest BCUT2D eigenvalue weighted by Gasteiger charge is 2.51. The molecule has 4 rings (SSSR count). The minimum Gasteiger partial charge on any atom is -0.497 e. The van der Waals surface area contributed by atoms with Crippen molar-refractivity contribution in [3.05, 3.63) is 96.1 Å². The lowest BCUT2D eigenvalue weighted by Crippen LogP contribution is -2.62. The van der Waals surface area contributed by atoms with Crippen LogP contribution < -0.4 is 9.47 Å². The third-order valence-electron chi connectivity index (χ3n) is 6.57. The molecule has 0 aromatic heterocycles. The zero-order chi connectivity index (χ0) is 29.9. The van der Waals surface area contributed by atoms with E-state index in [9.17, 15) is 19.5 Å². The van der Waals surface area contributed by atoms with Gasteiger partial charge in [0, 0.05) is 6.42 Å². The first-order chi connectivity index (χ1) is 20.3. The second kappa shape index (κ2) is 15.1. The van der Waals surface area contributed by atoms with Crippen molar-refractivity contribution in [2.45, 2.75) is 57.1 Å². The summed E-state index contributed by atoms with van der Waals surface area (Å²) in [5.41, 5.74) is 1.06. The Balaban J connectivity index is 1.61. The van der Waals surface area contributed by atoms with E-state index in [1.54, 1.807) is 61.7 Å². The minimum absolute atomic E-state index is 0.00991. The number of ketones is 1. The van der Waals surface area contributed by atoms with Gasteiger partial charge in [-0.25, -0.2) is 4.79 Å². The summed E-state index contributed by atoms with van der Waals surface area (Å²) < 4.78 is 34.6. The van der Waals surface area contributed by atoms with Crippen molar-refractivity contribution in [1.29, 1.82) is 0 Å². The maximum absolute atomic E-state index is 13.0. The summed E-state index contributed by atoms with van der Waals surface area (Å²) in [7, 11) is 1.55. The van der Waals surface area contributed by atoms with Crippen LogP contribution in [0, 0.1) is 0 Å². The van der Waals surface area contributed by atoms with Crippen LogP contribution in [0.15, 0.2) is 84.9 Å². The summed E-state index contributed by atoms with van der Waals surface area (Å²) in [6.07, 6.45) is -6.49. The van der Waals surface area contributed by atoms with Crippen molar-refractivity contribution in [3.8, 4) is 11.5 Å². The number of aliphatic hydroxyl groups excluding tert-OH is 1. The molecule has 1 N–H and O–H groups in total. The summed E-state index contributed by atoms with van der Waals surface area (Å²) in [5, 5.41) is 11.1. The molecule has 0 bridgehead atoms. The normalized spacial score (nSPS) is 21.6. The molecule has 1 saturated heterocycles. The standard InChI is InChI=1S/C32H34O10/c1-21(33)13-18-27(34)41-28-26(20-38-25-16-14-24(37-2)15-17-25)40-32(36)30(42-31(35)23-11-7-4-8-12-23)29(28)39-19-22-9-5-3-6-10-22/h3-12,14-17,26,28-30,32,36H,13,18-20H2,1-2H3/t26-,28+,29-,30+,32-/m0/s1. The van der Waals surface area contributed by atoms with Crippen LogP contribution in [-0.4, -0.2) is 67.3 Å². The zero-order valence-electron chi connectivity index (χ0n) is 23.4. The minimum atomic E-state index is -1.63. The maximum Gasteiger partial charge on any atom is 0.338 e. The molecule has 1 aliphatic heterocycles. The highest BCUT2D eigenvalue weighted by atomic mass is 16.7. The molecule has 0 radical (unpaired) electrons. The molecular formula is C32H34O10. The zero-order valence-corrected chi connectivity index (χ0v) is 23.4. The van der Waals surface area contributed by atoms with E-state index in [0.717, 1.165) is 5.56 Å². The van der Waals surface area contributed by atoms with Crippen LogP contribution in [0.25, 0.3) is 0 Å². The number of methoxy groups -OCH3 is 1. The summed E-state index contributed by atoms with van der Waals surface area (Å²) in [5.74, 6) is -0.443. The fourth-order valence-corrected chi connectivity index (χ4v) is 4.36. The molecule has 1 heterocycles. The molecule has 0 aliphatic carbocycles. The quantitative estimate of drug-likeness (QED) is 0.299. The van der Waals surface area contributed by atoms with E-state index in [2.05, 4.69) is 0 Å². The Hall–Kier alpha value is -4.25. The number of esters is 2. The number of hydrogen-bond acceptors (Lipinski definition) is 10. The highest BCUT2D eigenvalue weighted by Crippen LogP contribution is 2.30. The molecule has 10 heteroatoms. The van der Waals surface area contributed by atoms with Gasteiger partial charge < -0.3 is 38.3 Å². The van der Waals surface area contributed by atoms with Gasteiger partial charge in [-0.05, 0) is 48.9 Å². The summed E-state index contributed by atoms with van der Waals surface area (Å²) >= 11 is 0. The predicted octanol–water partition coefficient (Wildman–Crippen LogP) is 3.88. The van der Waals surface area contributed by atoms with E-state index in [0.29, 0.717) is 11.5 Å². The maximum atomic E-state index is 13.0. The molecule has 0 unspecified atom stereocenters. The molecule has 0 saturated carbocycles. The van der Waals surface area contributed by atoms with Crippen LogP contribution in [0.4, 0.5) is 0 Å². The molecule has 222 valence electrons. The van der Waals surface area contributed by atoms with Gasteiger partial charge in [0.2, 0.25) is 0 Å². The highest BCUT2D eigenvalue weighted by molar-refractivity contribution is 5.89. The van der Waals surface area contributed by atoms with Crippen molar-refractivity contribution in [1.82, 2.24) is 0 Å². The summed E-state index contributed by atoms with van der Waals surface area (Å²) in [4.78, 5) is 37.4. The fourth-order valence-electron chi connectivity index (χ4n) is 4.36. The Bertz CT molecular complexity index is 1300. The van der Waals surface area contributed by atoms with E-state index in [1.807, 2.05) is 30.3 Å². The molecule has 42 heavy (non-hydrogen) atoms. The van der Waals surface area contributed by atoms with E-state index in [1.165, 1.54) is 6.92 Å². The number of rotatable bonds is 13. The monoisotopic (exact) mass is 578 g/mol. The van der Waals surface area contributed by atoms with E-state index >= 15 is 0 Å². The van der Waals surface area contributed by atoms with Gasteiger partial charge in [-0.1, -0.05) is 48.5 Å². The molecule has 3 aromatic rings. The number of carbonyl (C=O) groups excluding carboxylic acids is 3. The van der Waals surface area contributed by atoms with Crippen molar-refractivity contribution >= 4 is 17.7 Å². The fraction of sp³-hybridized carbons (Fsp3) is 0.344. The Morgan fingerprint density at radius 3 is 2.07 bits per heavy atom. The van der Waals surface area contributed by atoms with Gasteiger partial charge in [-0.2, -0.15) is 0 Å². The van der Waals surface area contributed by atoms with Gasteiger partial charge in [0.25, 0.3) is 0 Å². The van der Waals surface area contributed by atoms with Crippen molar-refractivity contribution in [3.63, 3.8) is 0 Å². The van der Waals surface area contributed by atoms with Gasteiger partial charge in [0.05, 0.1) is 25.7 Å². The Morgan fingerprint density at radius 1 is 0.786 bits per heavy atom. The smallest absolute Gasteiger partial charge is 0.338 e. The summed E-state index contributed by atoms with van der Waals surface area (Å²) in [6.45, 7) is 1.30. The molecule has 1 aliphatic rings. The topological polar surface area (TPSA) is 127 Å². The first-order valence-corrected chi connectivity index (χ1v) is 13.5. The number of benzene rings is 3. The van der Waals surface area contributed by atoms with Crippen molar-refractivity contribution in [2.24, 2.45) is 0 Å². The van der Waals surface area contributed by atoms with Gasteiger partial charge in [0.15, 0.2) is 18.5 Å². The molecule has 0 amide bonds. The van der Waals surface area contributed by atoms with E-state index in [-0.39, 0.29) is 37.4 Å². The molecule has 5 atom stereocenters. The molecule has 0 spiro atoms. The predicted molar refractivity (Wildman–Crippen MR) is 150 cm³/mol. The van der Waals surface area contributed by atoms with E-state index in [4.69, 9.17) is 28.4 Å². The summed E-state index contributed by atoms with van der Waals surface area (Å²) in [6, 6.07) is 24.3. The Kier molecular flexibility index (Phi) is 11.0. The Morgan fingerprint density at radius 2 is 1.43 bits per heavy atom. The molecule has 3 aromatic carbocycles. The van der Waals surface area contributed by atoms with Crippen LogP contribution in [-0.2, 0) is 35.1 Å². The van der Waals surface area contributed by atoms with Gasteiger partial charge in [-0.3, -0.25) is 4.79 Å². The van der Waals surface area contributed by atoms with Gasteiger partial charge >= 0.3 is 11.9 Å². The largest absolute Gasteiger partial charge is 0.497 e. The molecular weight excluding hydrogens is 544 g/mol. The second-order valence-electron chi connectivity index (χ2n) is 9.71. The average molecular weight is 579 g/mol. The lowest BCUT2D eigenvalue weighted by Gasteiger charge is -2.43. The van der Waals surface area contributed by atoms with Crippen LogP contribution in [0.5, 0.6) is 11.5 Å². The second-order valence-corrected chi connectivity index (χ2v) is 9.71. The lowest BCUT2D eigenvalue weighted by molar-refractivity contribution is -0.296. The first kappa shape index (κ1) is 30.7. The van der Waals surface area contributed by atoms with Crippen LogP contribution in [0.1, 0.15) is 35.7 Å². The number of aliphatic hydroxyl groups is 1. The first-order valence-electron chi connectivity index (χ1n) is 13.5. The number of carbonyl (C=O) groups is 3. The SMILES string of the molecule is COc1ccc(OC[C@@H]2O[C@H](O)[C@H](OC(=O)c3ccccc3)[C@@H](OCc3ccccc3)[C@@H]2OC(=O)CCC(C)=O)cc1. The van der Waals surface area contributed by atoms with Gasteiger partial charge in [-0.15, -0.1) is 0 Å². The van der Waals surface area contributed by atoms with Gasteiger partial charge in [0.1, 0.15) is 36.1 Å². The van der Waals surface area contributed by atoms with Crippen LogP contribution >= 0.6 is 0 Å².